The van der Waals surface area contributed by atoms with Crippen molar-refractivity contribution in [3.05, 3.63) is 34.9 Å². The fourth-order valence-corrected chi connectivity index (χ4v) is 3.30. The first kappa shape index (κ1) is 20.2. The van der Waals surface area contributed by atoms with E-state index in [0.717, 1.165) is 11.1 Å². The molecule has 2 rings (SSSR count). The van der Waals surface area contributed by atoms with Gasteiger partial charge in [0.25, 0.3) is 0 Å². The summed E-state index contributed by atoms with van der Waals surface area (Å²) in [4.78, 5) is 35.7. The Labute approximate surface area is 156 Å². The predicted molar refractivity (Wildman–Crippen MR) is 101 cm³/mol. The Hall–Kier alpha value is -2.11. The average Bonchev–Trinajstić information content (AvgIpc) is 2.52. The van der Waals surface area contributed by atoms with Crippen LogP contribution >= 0.6 is 0 Å². The zero-order valence-corrected chi connectivity index (χ0v) is 16.0. The summed E-state index contributed by atoms with van der Waals surface area (Å²) in [6.07, 6.45) is 1.43. The van der Waals surface area contributed by atoms with E-state index in [9.17, 15) is 14.4 Å². The van der Waals surface area contributed by atoms with E-state index in [-0.39, 0.29) is 35.9 Å². The van der Waals surface area contributed by atoms with Crippen molar-refractivity contribution in [2.24, 2.45) is 5.92 Å². The van der Waals surface area contributed by atoms with Crippen molar-refractivity contribution < 1.29 is 19.1 Å². The summed E-state index contributed by atoms with van der Waals surface area (Å²) in [5.41, 5.74) is 2.79. The van der Waals surface area contributed by atoms with E-state index in [4.69, 9.17) is 4.74 Å². The first-order valence-corrected chi connectivity index (χ1v) is 9.20. The van der Waals surface area contributed by atoms with Crippen LogP contribution in [0.15, 0.2) is 18.2 Å². The number of amides is 1. The molecule has 0 saturated heterocycles. The van der Waals surface area contributed by atoms with Gasteiger partial charge in [-0.3, -0.25) is 14.4 Å². The van der Waals surface area contributed by atoms with E-state index in [0.29, 0.717) is 24.7 Å². The third-order valence-corrected chi connectivity index (χ3v) is 4.39. The van der Waals surface area contributed by atoms with Crippen LogP contribution in [-0.4, -0.2) is 37.0 Å². The quantitative estimate of drug-likeness (QED) is 0.463. The average molecular weight is 356 g/mol. The van der Waals surface area contributed by atoms with Gasteiger partial charge in [-0.25, -0.2) is 0 Å². The van der Waals surface area contributed by atoms with Crippen molar-refractivity contribution >= 4 is 24.9 Å². The number of hydrogen-bond donors (Lipinski definition) is 1. The van der Waals surface area contributed by atoms with Crippen LogP contribution in [-0.2, 0) is 27.1 Å². The van der Waals surface area contributed by atoms with E-state index in [1.807, 2.05) is 39.3 Å². The normalized spacial score (nSPS) is 17.0. The minimum absolute atomic E-state index is 0.00117. The highest BCUT2D eigenvalue weighted by Crippen LogP contribution is 2.23. The van der Waals surface area contributed by atoms with Gasteiger partial charge in [-0.2, -0.15) is 0 Å². The van der Waals surface area contributed by atoms with E-state index in [1.54, 1.807) is 6.92 Å². The topological polar surface area (TPSA) is 72.5 Å². The zero-order chi connectivity index (χ0) is 19.3. The number of hydrogen-bond acceptors (Lipinski definition) is 4. The highest BCUT2D eigenvalue weighted by atomic mass is 16.5. The highest BCUT2D eigenvalue weighted by molar-refractivity contribution is 6.38. The maximum atomic E-state index is 12.7. The van der Waals surface area contributed by atoms with Gasteiger partial charge in [0.05, 0.1) is 0 Å². The van der Waals surface area contributed by atoms with Crippen LogP contribution in [0.1, 0.15) is 62.0 Å². The Kier molecular flexibility index (Phi) is 7.01. The number of ether oxygens (including phenoxy) is 1. The number of carbonyl (C=O) groups excluding carboxylic acids is 3. The van der Waals surface area contributed by atoms with Gasteiger partial charge in [0.2, 0.25) is 5.91 Å². The first-order valence-electron chi connectivity index (χ1n) is 9.20. The fraction of sp³-hybridized carbons (Fsp3) is 0.550. The van der Waals surface area contributed by atoms with Crippen molar-refractivity contribution in [2.75, 3.05) is 0 Å². The molecule has 0 aromatic heterocycles. The second-order valence-electron chi connectivity index (χ2n) is 7.42. The Morgan fingerprint density at radius 3 is 2.62 bits per heavy atom. The maximum Gasteiger partial charge on any atom is 0.306 e. The fourth-order valence-electron chi connectivity index (χ4n) is 3.30. The zero-order valence-electron chi connectivity index (χ0n) is 16.0. The minimum atomic E-state index is -0.440. The largest absolute Gasteiger partial charge is 0.462 e. The van der Waals surface area contributed by atoms with Crippen molar-refractivity contribution in [3.8, 4) is 0 Å². The molecule has 1 radical (unpaired) electrons. The number of fused-ring (bicyclic) bond motifs is 1. The Morgan fingerprint density at radius 2 is 1.96 bits per heavy atom. The number of benzene rings is 1. The monoisotopic (exact) mass is 356 g/mol. The maximum absolute atomic E-state index is 12.7. The molecule has 1 heterocycles. The minimum Gasteiger partial charge on any atom is -0.462 e. The van der Waals surface area contributed by atoms with Gasteiger partial charge < -0.3 is 10.1 Å². The van der Waals surface area contributed by atoms with Gasteiger partial charge in [-0.15, -0.1) is 0 Å². The molecule has 5 nitrogen and oxygen atoms in total. The lowest BCUT2D eigenvalue weighted by molar-refractivity contribution is -0.148. The van der Waals surface area contributed by atoms with Crippen molar-refractivity contribution in [1.82, 2.24) is 5.32 Å². The molecule has 1 aliphatic heterocycles. The summed E-state index contributed by atoms with van der Waals surface area (Å²) < 4.78 is 5.34. The molecule has 26 heavy (non-hydrogen) atoms. The summed E-state index contributed by atoms with van der Waals surface area (Å²) in [6, 6.07) is 5.70. The Bertz CT molecular complexity index is 686. The van der Waals surface area contributed by atoms with Crippen LogP contribution in [0.25, 0.3) is 0 Å². The number of Topliss-reactive ketones (excluding diaryl/α,β-unsaturated/α-hetero) is 1. The first-order chi connectivity index (χ1) is 12.3. The number of ketones is 1. The van der Waals surface area contributed by atoms with Gasteiger partial charge in [0, 0.05) is 31.3 Å². The molecule has 1 N–H and O–H groups in total. The molecule has 1 aromatic rings. The molecule has 1 amide bonds. The number of carbonyl (C=O) groups is 3. The van der Waals surface area contributed by atoms with Crippen LogP contribution in [0, 0.1) is 5.92 Å². The van der Waals surface area contributed by atoms with Crippen LogP contribution in [0.4, 0.5) is 0 Å². The van der Waals surface area contributed by atoms with Gasteiger partial charge in [0.15, 0.2) is 5.78 Å². The molecule has 1 aliphatic rings. The van der Waals surface area contributed by atoms with Crippen LogP contribution in [0.5, 0.6) is 0 Å². The molecule has 2 unspecified atom stereocenters. The SMILES string of the molecule is CC(=O)NC1[B]Cc2c(cccc2C(=O)CC(C)OC(=O)CC(C)C)C1. The van der Waals surface area contributed by atoms with Gasteiger partial charge >= 0.3 is 5.97 Å². The predicted octanol–water partition coefficient (Wildman–Crippen LogP) is 2.46. The molecule has 6 heteroatoms. The molecular weight excluding hydrogens is 329 g/mol. The number of esters is 1. The molecule has 0 saturated carbocycles. The molecule has 0 aliphatic carbocycles. The molecular formula is C20H27BNO4. The number of rotatable bonds is 7. The third kappa shape index (κ3) is 5.72. The van der Waals surface area contributed by atoms with E-state index < -0.39 is 6.10 Å². The molecule has 0 fully saturated rings. The number of nitrogens with one attached hydrogen (secondary N) is 1. The van der Waals surface area contributed by atoms with Crippen LogP contribution < -0.4 is 5.32 Å². The highest BCUT2D eigenvalue weighted by Gasteiger charge is 2.25. The standard InChI is InChI=1S/C20H27BNO4/c1-12(2)8-20(25)26-13(3)9-18(24)16-7-5-6-15-10-19(22-14(4)23)21-11-17(15)16/h5-7,12-13,19H,8-11H2,1-4H3,(H,22,23). The molecule has 139 valence electrons. The summed E-state index contributed by atoms with van der Waals surface area (Å²) >= 11 is 0. The van der Waals surface area contributed by atoms with Crippen LogP contribution in [0.2, 0.25) is 0 Å². The molecule has 1 aromatic carbocycles. The summed E-state index contributed by atoms with van der Waals surface area (Å²) in [5, 5.41) is 2.90. The molecule has 0 spiro atoms. The lowest BCUT2D eigenvalue weighted by atomic mass is 9.57. The van der Waals surface area contributed by atoms with Crippen molar-refractivity contribution in [2.45, 2.75) is 65.3 Å². The smallest absolute Gasteiger partial charge is 0.306 e. The van der Waals surface area contributed by atoms with Crippen LogP contribution in [0.3, 0.4) is 0 Å². The van der Waals surface area contributed by atoms with Gasteiger partial charge in [-0.1, -0.05) is 38.4 Å². The van der Waals surface area contributed by atoms with E-state index >= 15 is 0 Å². The second kappa shape index (κ2) is 9.01. The van der Waals surface area contributed by atoms with Gasteiger partial charge in [-0.05, 0) is 30.4 Å². The van der Waals surface area contributed by atoms with Crippen molar-refractivity contribution in [1.29, 1.82) is 0 Å². The molecule has 0 bridgehead atoms. The summed E-state index contributed by atoms with van der Waals surface area (Å²) in [7, 11) is 2.03. The lowest BCUT2D eigenvalue weighted by Crippen LogP contribution is -2.43. The Morgan fingerprint density at radius 1 is 1.23 bits per heavy atom. The van der Waals surface area contributed by atoms with E-state index in [1.165, 1.54) is 6.92 Å². The third-order valence-electron chi connectivity index (χ3n) is 4.39. The second-order valence-corrected chi connectivity index (χ2v) is 7.42. The summed E-state index contributed by atoms with van der Waals surface area (Å²) in [5.74, 6) is -0.0983. The van der Waals surface area contributed by atoms with Crippen molar-refractivity contribution in [3.63, 3.8) is 0 Å². The lowest BCUT2D eigenvalue weighted by Gasteiger charge is -2.26. The Balaban J connectivity index is 2.02. The summed E-state index contributed by atoms with van der Waals surface area (Å²) in [6.45, 7) is 7.17. The van der Waals surface area contributed by atoms with Gasteiger partial charge in [0.1, 0.15) is 13.4 Å². The van der Waals surface area contributed by atoms with E-state index in [2.05, 4.69) is 5.32 Å². The molecule has 2 atom stereocenters.